The Bertz CT molecular complexity index is 391. The van der Waals surface area contributed by atoms with E-state index in [2.05, 4.69) is 10.6 Å². The zero-order valence-electron chi connectivity index (χ0n) is 9.60. The van der Waals surface area contributed by atoms with Crippen molar-refractivity contribution in [2.75, 3.05) is 5.32 Å². The van der Waals surface area contributed by atoms with Gasteiger partial charge in [0.2, 0.25) is 0 Å². The van der Waals surface area contributed by atoms with Crippen molar-refractivity contribution in [2.24, 2.45) is 5.29 Å². The summed E-state index contributed by atoms with van der Waals surface area (Å²) in [5.74, 6) is 0. The number of rotatable bonds is 3. The molecule has 0 atom stereocenters. The van der Waals surface area contributed by atoms with Gasteiger partial charge in [0.05, 0.1) is 11.3 Å². The number of nitroso groups, excluding NO2 is 1. The highest BCUT2D eigenvalue weighted by atomic mass is 16.3. The molecule has 1 aromatic carbocycles. The van der Waals surface area contributed by atoms with E-state index in [9.17, 15) is 9.70 Å². The minimum Gasteiger partial charge on any atom is -0.306 e. The van der Waals surface area contributed by atoms with Crippen LogP contribution in [0.1, 0.15) is 19.4 Å². The van der Waals surface area contributed by atoms with Gasteiger partial charge in [0.1, 0.15) is 0 Å². The minimum atomic E-state index is -0.515. The fourth-order valence-electron chi connectivity index (χ4n) is 1.25. The number of anilines is 1. The molecule has 0 radical (unpaired) electrons. The van der Waals surface area contributed by atoms with E-state index in [1.165, 1.54) is 0 Å². The van der Waals surface area contributed by atoms with Gasteiger partial charge in [-0.05, 0) is 32.4 Å². The van der Waals surface area contributed by atoms with Gasteiger partial charge in [-0.25, -0.2) is 4.79 Å². The van der Waals surface area contributed by atoms with Crippen molar-refractivity contribution in [3.8, 4) is 0 Å². The van der Waals surface area contributed by atoms with E-state index in [0.717, 1.165) is 10.6 Å². The Labute approximate surface area is 94.4 Å². The molecule has 5 nitrogen and oxygen atoms in total. The van der Waals surface area contributed by atoms with Crippen molar-refractivity contribution in [1.29, 1.82) is 0 Å². The van der Waals surface area contributed by atoms with Crippen molar-refractivity contribution < 1.29 is 4.79 Å². The number of para-hydroxylation sites is 1. The highest BCUT2D eigenvalue weighted by Gasteiger charge is 2.17. The van der Waals surface area contributed by atoms with Gasteiger partial charge in [0.15, 0.2) is 0 Å². The fourth-order valence-corrected chi connectivity index (χ4v) is 1.25. The number of carbonyl (C=O) groups is 1. The number of benzene rings is 1. The Balaban J connectivity index is 2.78. The van der Waals surface area contributed by atoms with Crippen LogP contribution in [0.4, 0.5) is 10.5 Å². The zero-order chi connectivity index (χ0) is 12.1. The SMILES string of the molecule is Cc1ccccc1NC(=O)N(N=O)C(C)C. The molecule has 1 rings (SSSR count). The van der Waals surface area contributed by atoms with E-state index in [0.29, 0.717) is 5.69 Å². The summed E-state index contributed by atoms with van der Waals surface area (Å²) in [6.07, 6.45) is 0. The first-order valence-electron chi connectivity index (χ1n) is 5.05. The molecule has 0 spiro atoms. The summed E-state index contributed by atoms with van der Waals surface area (Å²) in [5, 5.41) is 6.19. The van der Waals surface area contributed by atoms with Crippen LogP contribution in [0.2, 0.25) is 0 Å². The largest absolute Gasteiger partial charge is 0.345 e. The number of hydrogen-bond acceptors (Lipinski definition) is 3. The molecule has 0 aliphatic heterocycles. The highest BCUT2D eigenvalue weighted by Crippen LogP contribution is 2.14. The molecule has 86 valence electrons. The molecule has 16 heavy (non-hydrogen) atoms. The molecule has 1 aromatic rings. The lowest BCUT2D eigenvalue weighted by atomic mass is 10.2. The smallest absolute Gasteiger partial charge is 0.306 e. The minimum absolute atomic E-state index is 0.262. The molecule has 0 aliphatic carbocycles. The summed E-state index contributed by atoms with van der Waals surface area (Å²) in [7, 11) is 0. The van der Waals surface area contributed by atoms with Gasteiger partial charge in [-0.2, -0.15) is 5.01 Å². The number of amides is 2. The lowest BCUT2D eigenvalue weighted by Crippen LogP contribution is -2.35. The standard InChI is InChI=1S/C11H15N3O2/c1-8(2)14(13-16)11(15)12-10-7-5-4-6-9(10)3/h4-8H,1-3H3,(H,12,15). The van der Waals surface area contributed by atoms with Crippen molar-refractivity contribution in [3.05, 3.63) is 34.7 Å². The third kappa shape index (κ3) is 2.79. The quantitative estimate of drug-likeness (QED) is 0.630. The monoisotopic (exact) mass is 221 g/mol. The van der Waals surface area contributed by atoms with Crippen molar-refractivity contribution in [2.45, 2.75) is 26.8 Å². The van der Waals surface area contributed by atoms with E-state index in [1.54, 1.807) is 19.9 Å². The third-order valence-corrected chi connectivity index (χ3v) is 2.17. The molecule has 0 bridgehead atoms. The fraction of sp³-hybridized carbons (Fsp3) is 0.364. The first kappa shape index (κ1) is 12.2. The predicted molar refractivity (Wildman–Crippen MR) is 63.0 cm³/mol. The van der Waals surface area contributed by atoms with E-state index >= 15 is 0 Å². The maximum Gasteiger partial charge on any atom is 0.345 e. The van der Waals surface area contributed by atoms with Crippen LogP contribution in [0, 0.1) is 11.8 Å². The molecule has 0 unspecified atom stereocenters. The molecule has 5 heteroatoms. The van der Waals surface area contributed by atoms with E-state index in [4.69, 9.17) is 0 Å². The average Bonchev–Trinajstić information content (AvgIpc) is 2.22. The molecule has 0 heterocycles. The number of hydrogen-bond donors (Lipinski definition) is 1. The number of nitrogens with one attached hydrogen (secondary N) is 1. The summed E-state index contributed by atoms with van der Waals surface area (Å²) >= 11 is 0. The molecular formula is C11H15N3O2. The number of carbonyl (C=O) groups excluding carboxylic acids is 1. The summed E-state index contributed by atoms with van der Waals surface area (Å²) in [6.45, 7) is 5.32. The molecule has 0 aromatic heterocycles. The average molecular weight is 221 g/mol. The first-order chi connectivity index (χ1) is 7.56. The van der Waals surface area contributed by atoms with Gasteiger partial charge >= 0.3 is 6.03 Å². The van der Waals surface area contributed by atoms with Crippen LogP contribution in [0.15, 0.2) is 29.6 Å². The second-order valence-electron chi connectivity index (χ2n) is 3.77. The van der Waals surface area contributed by atoms with Crippen LogP contribution in [0.25, 0.3) is 0 Å². The third-order valence-electron chi connectivity index (χ3n) is 2.17. The lowest BCUT2D eigenvalue weighted by molar-refractivity contribution is 0.199. The summed E-state index contributed by atoms with van der Waals surface area (Å²) in [6, 6.07) is 6.57. The maximum atomic E-state index is 11.7. The highest BCUT2D eigenvalue weighted by molar-refractivity contribution is 5.90. The maximum absolute atomic E-state index is 11.7. The summed E-state index contributed by atoms with van der Waals surface area (Å²) in [5.41, 5.74) is 1.62. The number of aryl methyl sites for hydroxylation is 1. The van der Waals surface area contributed by atoms with Crippen LogP contribution in [-0.2, 0) is 0 Å². The topological polar surface area (TPSA) is 61.8 Å². The Morgan fingerprint density at radius 2 is 2.00 bits per heavy atom. The number of nitrogens with zero attached hydrogens (tertiary/aromatic N) is 2. The second kappa shape index (κ2) is 5.25. The summed E-state index contributed by atoms with van der Waals surface area (Å²) < 4.78 is 0. The van der Waals surface area contributed by atoms with Gasteiger partial charge in [-0.1, -0.05) is 18.2 Å². The van der Waals surface area contributed by atoms with Gasteiger partial charge in [-0.15, -0.1) is 4.91 Å². The lowest BCUT2D eigenvalue weighted by Gasteiger charge is -2.18. The Morgan fingerprint density at radius 1 is 1.38 bits per heavy atom. The van der Waals surface area contributed by atoms with Crippen LogP contribution < -0.4 is 5.32 Å². The second-order valence-corrected chi connectivity index (χ2v) is 3.77. The van der Waals surface area contributed by atoms with Crippen LogP contribution >= 0.6 is 0 Å². The molecule has 0 fully saturated rings. The van der Waals surface area contributed by atoms with E-state index < -0.39 is 6.03 Å². The van der Waals surface area contributed by atoms with Crippen LogP contribution in [0.3, 0.4) is 0 Å². The zero-order valence-corrected chi connectivity index (χ0v) is 9.60. The van der Waals surface area contributed by atoms with Gasteiger partial charge < -0.3 is 5.32 Å². The molecule has 0 aliphatic rings. The normalized spacial score (nSPS) is 10.0. The van der Waals surface area contributed by atoms with Gasteiger partial charge in [-0.3, -0.25) is 0 Å². The Kier molecular flexibility index (Phi) is 3.99. The Hall–Kier alpha value is -1.91. The van der Waals surface area contributed by atoms with Crippen LogP contribution in [-0.4, -0.2) is 17.1 Å². The number of urea groups is 1. The van der Waals surface area contributed by atoms with E-state index in [1.807, 2.05) is 25.1 Å². The predicted octanol–water partition coefficient (Wildman–Crippen LogP) is 2.92. The van der Waals surface area contributed by atoms with Crippen molar-refractivity contribution in [3.63, 3.8) is 0 Å². The summed E-state index contributed by atoms with van der Waals surface area (Å²) in [4.78, 5) is 22.1. The Morgan fingerprint density at radius 3 is 2.50 bits per heavy atom. The molecule has 0 saturated carbocycles. The van der Waals surface area contributed by atoms with Crippen LogP contribution in [0.5, 0.6) is 0 Å². The molecular weight excluding hydrogens is 206 g/mol. The molecule has 0 saturated heterocycles. The van der Waals surface area contributed by atoms with Crippen molar-refractivity contribution >= 4 is 11.7 Å². The van der Waals surface area contributed by atoms with Gasteiger partial charge in [0, 0.05) is 5.69 Å². The molecule has 1 N–H and O–H groups in total. The molecule has 2 amide bonds. The van der Waals surface area contributed by atoms with E-state index in [-0.39, 0.29) is 6.04 Å². The van der Waals surface area contributed by atoms with Gasteiger partial charge in [0.25, 0.3) is 0 Å². The first-order valence-corrected chi connectivity index (χ1v) is 5.05. The van der Waals surface area contributed by atoms with Crippen molar-refractivity contribution in [1.82, 2.24) is 5.01 Å².